The number of carbonyl (C=O) groups excluding carboxylic acids is 12. The van der Waals surface area contributed by atoms with E-state index in [4.69, 9.17) is 19.7 Å². The molecule has 0 aromatic rings. The normalized spacial score (nSPS) is 13.5. The van der Waals surface area contributed by atoms with Gasteiger partial charge >= 0.3 is 78.2 Å². The summed E-state index contributed by atoms with van der Waals surface area (Å²) in [6.07, 6.45) is -16.4. The van der Waals surface area contributed by atoms with Crippen LogP contribution < -0.4 is 0 Å². The highest BCUT2D eigenvalue weighted by molar-refractivity contribution is 5.97. The maximum absolute atomic E-state index is 12.4. The third kappa shape index (κ3) is 43.6. The molecule has 0 aliphatic carbocycles. The minimum Gasteiger partial charge on any atom is -0.468 e. The van der Waals surface area contributed by atoms with Crippen LogP contribution in [-0.2, 0) is 105 Å². The number of aliphatic hydroxyl groups is 2. The van der Waals surface area contributed by atoms with Gasteiger partial charge in [-0.2, -0.15) is 39.5 Å². The minimum absolute atomic E-state index is 0.0513. The Hall–Kier alpha value is -6.67. The van der Waals surface area contributed by atoms with Crippen LogP contribution >= 0.6 is 0 Å². The van der Waals surface area contributed by atoms with Gasteiger partial charge < -0.3 is 57.6 Å². The number of methoxy groups -OCH3 is 2. The second kappa shape index (κ2) is 39.8. The fraction of sp³-hybridized carbons (Fsp3) is 0.769. The van der Waals surface area contributed by atoms with Crippen LogP contribution in [0.1, 0.15) is 124 Å². The third-order valence-electron chi connectivity index (χ3n) is 9.62. The average molecular weight is 1260 g/mol. The number of rotatable bonds is 24. The van der Waals surface area contributed by atoms with E-state index >= 15 is 0 Å². The molecule has 0 heterocycles. The molecule has 3 atom stereocenters. The molecule has 2 N–H and O–H groups in total. The van der Waals surface area contributed by atoms with Gasteiger partial charge in [-0.1, -0.05) is 41.5 Å². The van der Waals surface area contributed by atoms with Crippen molar-refractivity contribution >= 4 is 71.3 Å². The lowest BCUT2D eigenvalue weighted by Crippen LogP contribution is -2.43. The number of esters is 10. The molecule has 33 heteroatoms. The third-order valence-corrected chi connectivity index (χ3v) is 9.62. The molecule has 85 heavy (non-hydrogen) atoms. The molecule has 24 nitrogen and oxygen atoms in total. The summed E-state index contributed by atoms with van der Waals surface area (Å²) in [5.74, 6) is -15.0. The smallest absolute Gasteiger partial charge is 0.422 e. The van der Waals surface area contributed by atoms with Crippen molar-refractivity contribution in [3.63, 3.8) is 0 Å². The van der Waals surface area contributed by atoms with Crippen LogP contribution in [-0.4, -0.2) is 178 Å². The van der Waals surface area contributed by atoms with E-state index in [0.717, 1.165) is 13.8 Å². The largest absolute Gasteiger partial charge is 0.468 e. The van der Waals surface area contributed by atoms with Gasteiger partial charge in [0.25, 0.3) is 0 Å². The van der Waals surface area contributed by atoms with E-state index in [1.165, 1.54) is 55.8 Å². The Morgan fingerprint density at radius 2 is 0.588 bits per heavy atom. The van der Waals surface area contributed by atoms with Gasteiger partial charge in [0.1, 0.15) is 13.2 Å². The Kier molecular flexibility index (Phi) is 40.8. The molecule has 0 fully saturated rings. The number of ether oxygens (including phenoxy) is 10. The number of alkyl halides is 9. The summed E-state index contributed by atoms with van der Waals surface area (Å²) in [5.41, 5.74) is -6.41. The summed E-state index contributed by atoms with van der Waals surface area (Å²) < 4.78 is 154. The molecule has 0 radical (unpaired) electrons. The monoisotopic (exact) mass is 1260 g/mol. The van der Waals surface area contributed by atoms with Crippen molar-refractivity contribution in [2.24, 2.45) is 40.4 Å². The van der Waals surface area contributed by atoms with Crippen molar-refractivity contribution in [3.8, 4) is 0 Å². The molecule has 0 saturated heterocycles. The highest BCUT2D eigenvalue weighted by atomic mass is 19.4. The van der Waals surface area contributed by atoms with E-state index in [-0.39, 0.29) is 42.2 Å². The van der Waals surface area contributed by atoms with Crippen LogP contribution in [0, 0.1) is 40.4 Å². The van der Waals surface area contributed by atoms with E-state index < -0.39 is 152 Å². The van der Waals surface area contributed by atoms with Crippen molar-refractivity contribution in [1.29, 1.82) is 0 Å². The summed E-state index contributed by atoms with van der Waals surface area (Å²) in [5, 5.41) is 18.3. The van der Waals surface area contributed by atoms with Gasteiger partial charge in [-0.05, 0) is 80.1 Å². The van der Waals surface area contributed by atoms with E-state index in [0.29, 0.717) is 27.1 Å². The molecule has 496 valence electrons. The van der Waals surface area contributed by atoms with Crippen molar-refractivity contribution < 1.29 is 155 Å². The van der Waals surface area contributed by atoms with Gasteiger partial charge in [0, 0.05) is 12.8 Å². The fourth-order valence-corrected chi connectivity index (χ4v) is 4.03. The zero-order chi connectivity index (χ0) is 68.5. The van der Waals surface area contributed by atoms with E-state index in [1.807, 2.05) is 41.5 Å². The summed E-state index contributed by atoms with van der Waals surface area (Å²) in [4.78, 5) is 133. The summed E-state index contributed by atoms with van der Waals surface area (Å²) in [6.45, 7) is 19.6. The van der Waals surface area contributed by atoms with E-state index in [2.05, 4.69) is 37.9 Å². The molecule has 0 bridgehead atoms. The summed E-state index contributed by atoms with van der Waals surface area (Å²) in [7, 11) is 2.45. The highest BCUT2D eigenvalue weighted by Crippen LogP contribution is 2.33. The first-order chi connectivity index (χ1) is 38.1. The van der Waals surface area contributed by atoms with Crippen LogP contribution in [0.3, 0.4) is 0 Å². The molecule has 0 aliphatic heterocycles. The van der Waals surface area contributed by atoms with Crippen LogP contribution in [0.5, 0.6) is 0 Å². The lowest BCUT2D eigenvalue weighted by molar-refractivity contribution is -0.257. The Morgan fingerprint density at radius 3 is 0.800 bits per heavy atom. The predicted molar refractivity (Wildman–Crippen MR) is 272 cm³/mol. The Morgan fingerprint density at radius 1 is 0.365 bits per heavy atom. The van der Waals surface area contributed by atoms with Gasteiger partial charge in [0.2, 0.25) is 0 Å². The second-order valence-corrected chi connectivity index (χ2v) is 21.0. The molecule has 3 unspecified atom stereocenters. The Bertz CT molecular complexity index is 2040. The standard InChI is InChI=1S/C14H20F6O6.C14H26O4.C10H14O6.C8H11F3O4.C6H10O4/c1-8(9(21)25-6-4-11(2,23)13(15,16)17)10(22)26-7-5-12(3,24)14(18,19)20;1-10(11(15)17-8-13(2,3)4)12(16)18-9-14(5,6)7;1-6(11)4-15-9(13)8(3)10(14)16-5-7(2)12;1-3-14-6(12)5(2)7(13)15-4-8(9,10)11;1-4(5(7)9-2)6(8)10-3/h8,23-24H,4-7H2,1-3H3;10H,8-9H2,1-7H3;8H,4-5H2,1-3H3;5H,3-4H2,1-2H3;4H,1-3H3. The first-order valence-corrected chi connectivity index (χ1v) is 25.2. The van der Waals surface area contributed by atoms with E-state index in [1.54, 1.807) is 0 Å². The minimum atomic E-state index is -4.95. The van der Waals surface area contributed by atoms with Gasteiger partial charge in [-0.3, -0.25) is 57.5 Å². The lowest BCUT2D eigenvalue weighted by Gasteiger charge is -2.26. The Balaban J connectivity index is -0.000000324. The lowest BCUT2D eigenvalue weighted by atomic mass is 9.98. The summed E-state index contributed by atoms with van der Waals surface area (Å²) in [6, 6.07) is 0. The number of halogens is 9. The number of hydrogen-bond donors (Lipinski definition) is 2. The molecular formula is C52H81F9O24. The first kappa shape index (κ1) is 87.1. The predicted octanol–water partition coefficient (Wildman–Crippen LogP) is 6.06. The molecule has 0 saturated carbocycles. The highest BCUT2D eigenvalue weighted by Gasteiger charge is 2.50. The molecule has 0 amide bonds. The van der Waals surface area contributed by atoms with Crippen molar-refractivity contribution in [2.75, 3.05) is 67.1 Å². The molecule has 0 aromatic carbocycles. The van der Waals surface area contributed by atoms with Gasteiger partial charge in [-0.25, -0.2) is 0 Å². The fourth-order valence-electron chi connectivity index (χ4n) is 4.03. The van der Waals surface area contributed by atoms with E-state index in [9.17, 15) is 97.0 Å². The maximum Gasteiger partial charge on any atom is 0.422 e. The number of ketones is 2. The van der Waals surface area contributed by atoms with Crippen molar-refractivity contribution in [1.82, 2.24) is 0 Å². The number of carbonyl (C=O) groups is 12. The topological polar surface area (TPSA) is 338 Å². The molecule has 0 aliphatic rings. The zero-order valence-electron chi connectivity index (χ0n) is 50.7. The first-order valence-electron chi connectivity index (χ1n) is 25.2. The molecule has 0 spiro atoms. The quantitative estimate of drug-likeness (QED) is 0.0479. The van der Waals surface area contributed by atoms with Gasteiger partial charge in [0.15, 0.2) is 59.0 Å². The van der Waals surface area contributed by atoms with Crippen molar-refractivity contribution in [2.45, 2.75) is 153 Å². The van der Waals surface area contributed by atoms with Crippen molar-refractivity contribution in [3.05, 3.63) is 0 Å². The van der Waals surface area contributed by atoms with Gasteiger partial charge in [0.05, 0.1) is 47.3 Å². The zero-order valence-corrected chi connectivity index (χ0v) is 50.7. The molecule has 0 rings (SSSR count). The van der Waals surface area contributed by atoms with Gasteiger partial charge in [-0.15, -0.1) is 0 Å². The summed E-state index contributed by atoms with van der Waals surface area (Å²) >= 11 is 0. The average Bonchev–Trinajstić information content (AvgIpc) is 3.42. The maximum atomic E-state index is 12.4. The Labute approximate surface area is 486 Å². The number of Topliss-reactive ketones (excluding diaryl/α,β-unsaturated/α-hetero) is 2. The SMILES string of the molecule is CC(=O)COC(=O)C(C)C(=O)OCC(C)=O.CC(C(=O)OCC(C)(C)C)C(=O)OCC(C)(C)C.CC(C(=O)OCCC(C)(O)C(F)(F)F)C(=O)OCCC(C)(O)C(F)(F)F.CCOC(=O)C(C)C(=O)OCC(F)(F)F.COC(=O)C(C)C(=O)OC. The van der Waals surface area contributed by atoms with Crippen LogP contribution in [0.4, 0.5) is 39.5 Å². The van der Waals surface area contributed by atoms with Crippen LogP contribution in [0.25, 0.3) is 0 Å². The van der Waals surface area contributed by atoms with Crippen LogP contribution in [0.2, 0.25) is 0 Å². The molecule has 0 aromatic heterocycles. The second-order valence-electron chi connectivity index (χ2n) is 21.0. The number of hydrogen-bond acceptors (Lipinski definition) is 24. The molecular weight excluding hydrogens is 1180 g/mol. The van der Waals surface area contributed by atoms with Crippen LogP contribution in [0.15, 0.2) is 0 Å².